The Labute approximate surface area is 137 Å². The molecule has 0 aliphatic carbocycles. The van der Waals surface area contributed by atoms with E-state index in [0.717, 1.165) is 27.2 Å². The predicted octanol–water partition coefficient (Wildman–Crippen LogP) is 4.46. The highest BCUT2D eigenvalue weighted by atomic mass is 16.1. The second-order valence-electron chi connectivity index (χ2n) is 6.16. The van der Waals surface area contributed by atoms with Crippen molar-refractivity contribution in [2.75, 3.05) is 0 Å². The quantitative estimate of drug-likeness (QED) is 0.312. The Morgan fingerprint density at radius 2 is 1.50 bits per heavy atom. The van der Waals surface area contributed by atoms with Crippen LogP contribution in [0.25, 0.3) is 38.2 Å². The van der Waals surface area contributed by atoms with Gasteiger partial charge in [-0.3, -0.25) is 9.20 Å². The van der Waals surface area contributed by atoms with E-state index in [4.69, 9.17) is 4.98 Å². The Morgan fingerprint density at radius 3 is 2.33 bits per heavy atom. The van der Waals surface area contributed by atoms with Gasteiger partial charge in [-0.2, -0.15) is 0 Å². The smallest absolute Gasteiger partial charge is 0.266 e. The van der Waals surface area contributed by atoms with Crippen molar-refractivity contribution >= 4 is 38.2 Å². The van der Waals surface area contributed by atoms with Crippen molar-refractivity contribution in [1.29, 1.82) is 0 Å². The lowest BCUT2D eigenvalue weighted by Crippen LogP contribution is -2.16. The van der Waals surface area contributed by atoms with Crippen LogP contribution in [0.5, 0.6) is 0 Å². The number of hydrogen-bond donors (Lipinski definition) is 0. The average molecular weight is 310 g/mol. The fourth-order valence-corrected chi connectivity index (χ4v) is 3.51. The third-order valence-corrected chi connectivity index (χ3v) is 4.63. The van der Waals surface area contributed by atoms with E-state index >= 15 is 0 Å². The second-order valence-corrected chi connectivity index (χ2v) is 6.16. The van der Waals surface area contributed by atoms with Crippen molar-refractivity contribution < 1.29 is 0 Å². The number of pyridine rings is 1. The summed E-state index contributed by atoms with van der Waals surface area (Å²) < 4.78 is 1.75. The molecule has 5 rings (SSSR count). The van der Waals surface area contributed by atoms with Crippen LogP contribution in [-0.2, 0) is 0 Å². The first kappa shape index (κ1) is 13.3. The van der Waals surface area contributed by atoms with Crippen molar-refractivity contribution in [3.8, 4) is 0 Å². The van der Waals surface area contributed by atoms with E-state index in [1.54, 1.807) is 4.40 Å². The Balaban J connectivity index is 2.22. The van der Waals surface area contributed by atoms with E-state index < -0.39 is 0 Å². The SMILES string of the molecule is Cc1ccc2c(c1)c1ccccc1c1nc3ccccc3c(=O)n21. The molecule has 3 aromatic carbocycles. The molecule has 0 aliphatic rings. The van der Waals surface area contributed by atoms with Gasteiger partial charge in [-0.15, -0.1) is 0 Å². The molecule has 0 bridgehead atoms. The van der Waals surface area contributed by atoms with Crippen LogP contribution >= 0.6 is 0 Å². The summed E-state index contributed by atoms with van der Waals surface area (Å²) in [6.07, 6.45) is 0. The third-order valence-electron chi connectivity index (χ3n) is 4.63. The van der Waals surface area contributed by atoms with E-state index in [1.165, 1.54) is 5.56 Å². The van der Waals surface area contributed by atoms with Crippen LogP contribution in [0, 0.1) is 6.92 Å². The lowest BCUT2D eigenvalue weighted by atomic mass is 10.0. The minimum Gasteiger partial charge on any atom is -0.268 e. The molecule has 114 valence electrons. The van der Waals surface area contributed by atoms with E-state index in [2.05, 4.69) is 19.1 Å². The summed E-state index contributed by atoms with van der Waals surface area (Å²) in [6, 6.07) is 21.9. The number of fused-ring (bicyclic) bond motifs is 7. The number of aryl methyl sites for hydroxylation is 1. The molecule has 0 spiro atoms. The highest BCUT2D eigenvalue weighted by Crippen LogP contribution is 2.29. The molecule has 24 heavy (non-hydrogen) atoms. The summed E-state index contributed by atoms with van der Waals surface area (Å²) in [6.45, 7) is 2.07. The molecule has 0 unspecified atom stereocenters. The maximum absolute atomic E-state index is 13.2. The average Bonchev–Trinajstić information content (AvgIpc) is 2.62. The van der Waals surface area contributed by atoms with Crippen LogP contribution in [0.3, 0.4) is 0 Å². The number of benzene rings is 3. The van der Waals surface area contributed by atoms with Crippen LogP contribution in [0.4, 0.5) is 0 Å². The van der Waals surface area contributed by atoms with Crippen molar-refractivity contribution in [2.24, 2.45) is 0 Å². The first-order valence-corrected chi connectivity index (χ1v) is 7.96. The molecular formula is C21H14N2O. The first-order valence-electron chi connectivity index (χ1n) is 7.96. The van der Waals surface area contributed by atoms with E-state index in [9.17, 15) is 4.79 Å². The van der Waals surface area contributed by atoms with Gasteiger partial charge in [0.2, 0.25) is 0 Å². The van der Waals surface area contributed by atoms with Crippen molar-refractivity contribution in [1.82, 2.24) is 9.38 Å². The molecule has 0 saturated carbocycles. The third kappa shape index (κ3) is 1.67. The molecule has 0 saturated heterocycles. The highest BCUT2D eigenvalue weighted by molar-refractivity contribution is 6.12. The summed E-state index contributed by atoms with van der Waals surface area (Å²) >= 11 is 0. The molecule has 0 fully saturated rings. The number of hydrogen-bond acceptors (Lipinski definition) is 2. The summed E-state index contributed by atoms with van der Waals surface area (Å²) in [4.78, 5) is 18.0. The molecule has 0 amide bonds. The lowest BCUT2D eigenvalue weighted by Gasteiger charge is -2.12. The summed E-state index contributed by atoms with van der Waals surface area (Å²) in [5.74, 6) is 0. The molecule has 5 aromatic rings. The fraction of sp³-hybridized carbons (Fsp3) is 0.0476. The number of para-hydroxylation sites is 1. The van der Waals surface area contributed by atoms with Crippen LogP contribution < -0.4 is 5.56 Å². The molecule has 2 aromatic heterocycles. The molecular weight excluding hydrogens is 296 g/mol. The Bertz CT molecular complexity index is 1330. The topological polar surface area (TPSA) is 34.4 Å². The van der Waals surface area contributed by atoms with Crippen LogP contribution in [0.2, 0.25) is 0 Å². The molecule has 2 heterocycles. The largest absolute Gasteiger partial charge is 0.268 e. The fourth-order valence-electron chi connectivity index (χ4n) is 3.51. The van der Waals surface area contributed by atoms with Gasteiger partial charge in [-0.1, -0.05) is 48.0 Å². The first-order chi connectivity index (χ1) is 11.7. The standard InChI is InChI=1S/C21H14N2O/c1-13-10-11-19-17(12-13)14-6-2-3-7-15(14)20-22-18-9-5-4-8-16(18)21(24)23(19)20/h2-12H,1H3. The van der Waals surface area contributed by atoms with Gasteiger partial charge in [0.1, 0.15) is 5.65 Å². The Morgan fingerprint density at radius 1 is 0.792 bits per heavy atom. The van der Waals surface area contributed by atoms with Gasteiger partial charge in [-0.05, 0) is 36.6 Å². The normalized spacial score (nSPS) is 11.7. The minimum absolute atomic E-state index is 0.0183. The van der Waals surface area contributed by atoms with E-state index in [0.29, 0.717) is 11.0 Å². The van der Waals surface area contributed by atoms with Crippen molar-refractivity contribution in [3.05, 3.63) is 82.6 Å². The monoisotopic (exact) mass is 310 g/mol. The van der Waals surface area contributed by atoms with Crippen LogP contribution in [0.1, 0.15) is 5.56 Å². The molecule has 0 aliphatic heterocycles. The zero-order valence-electron chi connectivity index (χ0n) is 13.2. The maximum atomic E-state index is 13.2. The lowest BCUT2D eigenvalue weighted by molar-refractivity contribution is 1.14. The van der Waals surface area contributed by atoms with Crippen LogP contribution in [-0.4, -0.2) is 9.38 Å². The van der Waals surface area contributed by atoms with Gasteiger partial charge in [0.15, 0.2) is 0 Å². The summed E-state index contributed by atoms with van der Waals surface area (Å²) in [5, 5.41) is 3.85. The molecule has 3 heteroatoms. The van der Waals surface area contributed by atoms with Gasteiger partial charge in [0.25, 0.3) is 5.56 Å². The maximum Gasteiger partial charge on any atom is 0.266 e. The predicted molar refractivity (Wildman–Crippen MR) is 98.7 cm³/mol. The van der Waals surface area contributed by atoms with Gasteiger partial charge >= 0.3 is 0 Å². The number of aromatic nitrogens is 2. The summed E-state index contributed by atoms with van der Waals surface area (Å²) in [7, 11) is 0. The summed E-state index contributed by atoms with van der Waals surface area (Å²) in [5.41, 5.74) is 3.51. The molecule has 0 atom stereocenters. The van der Waals surface area contributed by atoms with Gasteiger partial charge in [0, 0.05) is 10.8 Å². The Hall–Kier alpha value is -3.20. The van der Waals surface area contributed by atoms with Crippen molar-refractivity contribution in [3.63, 3.8) is 0 Å². The van der Waals surface area contributed by atoms with Gasteiger partial charge in [-0.25, -0.2) is 4.98 Å². The molecule has 3 nitrogen and oxygen atoms in total. The number of rotatable bonds is 0. The molecule has 0 N–H and O–H groups in total. The van der Waals surface area contributed by atoms with E-state index in [-0.39, 0.29) is 5.56 Å². The molecule has 0 radical (unpaired) electrons. The highest BCUT2D eigenvalue weighted by Gasteiger charge is 2.13. The minimum atomic E-state index is -0.0183. The Kier molecular flexibility index (Phi) is 2.57. The zero-order chi connectivity index (χ0) is 16.3. The second kappa shape index (κ2) is 4.65. The van der Waals surface area contributed by atoms with Gasteiger partial charge < -0.3 is 0 Å². The van der Waals surface area contributed by atoms with Crippen LogP contribution in [0.15, 0.2) is 71.5 Å². The van der Waals surface area contributed by atoms with E-state index in [1.807, 2.05) is 54.6 Å². The van der Waals surface area contributed by atoms with Gasteiger partial charge in [0.05, 0.1) is 16.4 Å². The number of nitrogens with zero attached hydrogens (tertiary/aromatic N) is 2. The van der Waals surface area contributed by atoms with Crippen molar-refractivity contribution in [2.45, 2.75) is 6.92 Å². The zero-order valence-corrected chi connectivity index (χ0v) is 13.2.